The van der Waals surface area contributed by atoms with E-state index in [1.54, 1.807) is 18.2 Å². The van der Waals surface area contributed by atoms with E-state index in [4.69, 9.17) is 14.2 Å². The van der Waals surface area contributed by atoms with Gasteiger partial charge in [-0.2, -0.15) is 0 Å². The highest BCUT2D eigenvalue weighted by Gasteiger charge is 2.10. The van der Waals surface area contributed by atoms with E-state index in [1.807, 2.05) is 18.2 Å². The van der Waals surface area contributed by atoms with Crippen LogP contribution in [0.15, 0.2) is 48.5 Å². The quantitative estimate of drug-likeness (QED) is 0.549. The molecule has 0 radical (unpaired) electrons. The van der Waals surface area contributed by atoms with Crippen molar-refractivity contribution in [2.75, 3.05) is 6.61 Å². The van der Waals surface area contributed by atoms with Gasteiger partial charge in [0.05, 0.1) is 0 Å². The summed E-state index contributed by atoms with van der Waals surface area (Å²) in [5.41, 5.74) is 0. The first-order valence-corrected chi connectivity index (χ1v) is 6.31. The lowest BCUT2D eigenvalue weighted by Crippen LogP contribution is -2.12. The molecule has 0 atom stereocenters. The van der Waals surface area contributed by atoms with Crippen LogP contribution in [0.2, 0.25) is 0 Å². The third-order valence-corrected chi connectivity index (χ3v) is 2.57. The van der Waals surface area contributed by atoms with Gasteiger partial charge < -0.3 is 14.2 Å². The van der Waals surface area contributed by atoms with Crippen molar-refractivity contribution in [2.45, 2.75) is 0 Å². The van der Waals surface area contributed by atoms with E-state index in [0.717, 1.165) is 0 Å². The van der Waals surface area contributed by atoms with E-state index in [-0.39, 0.29) is 24.3 Å². The van der Waals surface area contributed by atoms with Crippen LogP contribution in [0.1, 0.15) is 0 Å². The highest BCUT2D eigenvalue weighted by atomic mass is 16.5. The molecular weight excluding hydrogens is 288 g/mol. The van der Waals surface area contributed by atoms with Crippen molar-refractivity contribution in [3.8, 4) is 23.0 Å². The molecule has 0 spiro atoms. The molecule has 6 nitrogen and oxygen atoms in total. The molecule has 0 aromatic heterocycles. The average Bonchev–Trinajstić information content (AvgIpc) is 2.55. The molecule has 0 amide bonds. The molecule has 2 aromatic carbocycles. The number of hydrogen-bond acceptors (Lipinski definition) is 6. The standard InChI is InChI=1S/C16H12O6/c17-9-12(19)10-20-15-7-6-14(8-16(15)21-11-18)22-13-4-2-1-3-5-13/h1-9,11H,10H2. The van der Waals surface area contributed by atoms with Gasteiger partial charge in [0.25, 0.3) is 6.47 Å². The number of carbonyl (C=O) groups excluding carboxylic acids is 3. The number of carbonyl (C=O) groups is 3. The van der Waals surface area contributed by atoms with E-state index in [2.05, 4.69) is 0 Å². The summed E-state index contributed by atoms with van der Waals surface area (Å²) in [5, 5.41) is 0. The Kier molecular flexibility index (Phi) is 5.25. The first-order valence-electron chi connectivity index (χ1n) is 6.31. The predicted octanol–water partition coefficient (Wildman–Crippen LogP) is 2.16. The maximum Gasteiger partial charge on any atom is 0.298 e. The van der Waals surface area contributed by atoms with Crippen LogP contribution in [-0.2, 0) is 14.4 Å². The Morgan fingerprint density at radius 3 is 2.41 bits per heavy atom. The Hall–Kier alpha value is -3.15. The summed E-state index contributed by atoms with van der Waals surface area (Å²) in [7, 11) is 0. The molecule has 0 fully saturated rings. The smallest absolute Gasteiger partial charge is 0.298 e. The normalized spacial score (nSPS) is 9.64. The minimum absolute atomic E-state index is 0.0853. The number of rotatable bonds is 8. The molecule has 6 heteroatoms. The zero-order valence-electron chi connectivity index (χ0n) is 11.4. The van der Waals surface area contributed by atoms with E-state index < -0.39 is 12.4 Å². The molecule has 0 aliphatic rings. The Morgan fingerprint density at radius 2 is 1.73 bits per heavy atom. The summed E-state index contributed by atoms with van der Waals surface area (Å²) in [6.07, 6.45) is 0.160. The van der Waals surface area contributed by atoms with Crippen LogP contribution >= 0.6 is 0 Å². The van der Waals surface area contributed by atoms with Crippen molar-refractivity contribution in [2.24, 2.45) is 0 Å². The summed E-state index contributed by atoms with van der Waals surface area (Å²) in [4.78, 5) is 31.7. The fourth-order valence-corrected chi connectivity index (χ4v) is 1.62. The second kappa shape index (κ2) is 7.58. The number of aldehydes is 1. The largest absolute Gasteiger partial charge is 0.481 e. The van der Waals surface area contributed by atoms with Gasteiger partial charge in [0.15, 0.2) is 24.4 Å². The molecule has 0 aliphatic heterocycles. The summed E-state index contributed by atoms with van der Waals surface area (Å²) >= 11 is 0. The average molecular weight is 300 g/mol. The monoisotopic (exact) mass is 300 g/mol. The minimum atomic E-state index is -0.721. The summed E-state index contributed by atoms with van der Waals surface area (Å²) in [6.45, 7) is -0.201. The van der Waals surface area contributed by atoms with Gasteiger partial charge in [0, 0.05) is 6.07 Å². The van der Waals surface area contributed by atoms with Crippen LogP contribution in [0.5, 0.6) is 23.0 Å². The van der Waals surface area contributed by atoms with Gasteiger partial charge in [-0.3, -0.25) is 14.4 Å². The van der Waals surface area contributed by atoms with Crippen molar-refractivity contribution >= 4 is 18.5 Å². The molecule has 22 heavy (non-hydrogen) atoms. The van der Waals surface area contributed by atoms with Gasteiger partial charge in [-0.1, -0.05) is 18.2 Å². The van der Waals surface area contributed by atoms with Crippen LogP contribution in [-0.4, -0.2) is 25.1 Å². The Balaban J connectivity index is 2.17. The second-order valence-corrected chi connectivity index (χ2v) is 4.11. The van der Waals surface area contributed by atoms with E-state index in [9.17, 15) is 14.4 Å². The fourth-order valence-electron chi connectivity index (χ4n) is 1.62. The molecule has 0 unspecified atom stereocenters. The lowest BCUT2D eigenvalue weighted by molar-refractivity contribution is -0.131. The van der Waals surface area contributed by atoms with Gasteiger partial charge in [-0.25, -0.2) is 0 Å². The van der Waals surface area contributed by atoms with E-state index in [0.29, 0.717) is 11.5 Å². The zero-order valence-corrected chi connectivity index (χ0v) is 11.4. The van der Waals surface area contributed by atoms with Crippen molar-refractivity contribution in [3.63, 3.8) is 0 Å². The molecular formula is C16H12O6. The van der Waals surface area contributed by atoms with Crippen molar-refractivity contribution < 1.29 is 28.6 Å². The third-order valence-electron chi connectivity index (χ3n) is 2.57. The maximum absolute atomic E-state index is 10.9. The van der Waals surface area contributed by atoms with Gasteiger partial charge in [0.1, 0.15) is 11.5 Å². The van der Waals surface area contributed by atoms with Gasteiger partial charge >= 0.3 is 0 Å². The predicted molar refractivity (Wildman–Crippen MR) is 76.2 cm³/mol. The number of benzene rings is 2. The van der Waals surface area contributed by atoms with Crippen LogP contribution in [0, 0.1) is 0 Å². The number of para-hydroxylation sites is 1. The van der Waals surface area contributed by atoms with E-state index >= 15 is 0 Å². The Morgan fingerprint density at radius 1 is 0.955 bits per heavy atom. The van der Waals surface area contributed by atoms with Crippen molar-refractivity contribution in [3.05, 3.63) is 48.5 Å². The first-order chi connectivity index (χ1) is 10.7. The molecule has 0 saturated heterocycles. The van der Waals surface area contributed by atoms with Crippen LogP contribution < -0.4 is 14.2 Å². The van der Waals surface area contributed by atoms with Gasteiger partial charge in [-0.05, 0) is 24.3 Å². The third kappa shape index (κ3) is 4.17. The molecule has 0 heterocycles. The topological polar surface area (TPSA) is 78.9 Å². The minimum Gasteiger partial charge on any atom is -0.481 e. The number of ether oxygens (including phenoxy) is 3. The van der Waals surface area contributed by atoms with Crippen LogP contribution in [0.3, 0.4) is 0 Å². The lowest BCUT2D eigenvalue weighted by atomic mass is 10.3. The van der Waals surface area contributed by atoms with Crippen LogP contribution in [0.4, 0.5) is 0 Å². The van der Waals surface area contributed by atoms with E-state index in [1.165, 1.54) is 12.1 Å². The SMILES string of the molecule is O=COc1cc(Oc2ccccc2)ccc1OCC(=O)C=O. The van der Waals surface area contributed by atoms with Gasteiger partial charge in [-0.15, -0.1) is 0 Å². The summed E-state index contributed by atoms with van der Waals surface area (Å²) in [5.74, 6) is 0.563. The first kappa shape index (κ1) is 15.2. The molecule has 112 valence electrons. The molecule has 0 aliphatic carbocycles. The maximum atomic E-state index is 10.9. The second-order valence-electron chi connectivity index (χ2n) is 4.11. The molecule has 2 rings (SSSR count). The Labute approximate surface area is 126 Å². The Bertz CT molecular complexity index is 666. The van der Waals surface area contributed by atoms with Crippen molar-refractivity contribution in [1.82, 2.24) is 0 Å². The van der Waals surface area contributed by atoms with Gasteiger partial charge in [0.2, 0.25) is 5.78 Å². The lowest BCUT2D eigenvalue weighted by Gasteiger charge is -2.11. The molecule has 0 saturated carbocycles. The molecule has 2 aromatic rings. The van der Waals surface area contributed by atoms with Crippen molar-refractivity contribution in [1.29, 1.82) is 0 Å². The highest BCUT2D eigenvalue weighted by molar-refractivity contribution is 6.25. The summed E-state index contributed by atoms with van der Waals surface area (Å²) in [6, 6.07) is 13.6. The number of ketones is 1. The van der Waals surface area contributed by atoms with Crippen LogP contribution in [0.25, 0.3) is 0 Å². The highest BCUT2D eigenvalue weighted by Crippen LogP contribution is 2.33. The number of hydrogen-bond donors (Lipinski definition) is 0. The zero-order chi connectivity index (χ0) is 15.8. The molecule has 0 N–H and O–H groups in total. The molecule has 0 bridgehead atoms. The summed E-state index contributed by atoms with van der Waals surface area (Å²) < 4.78 is 15.5. The fraction of sp³-hybridized carbons (Fsp3) is 0.0625. The number of Topliss-reactive ketones (excluding diaryl/α,β-unsaturated/α-hetero) is 1.